The van der Waals surface area contributed by atoms with E-state index in [1.807, 2.05) is 32.2 Å². The second-order valence-corrected chi connectivity index (χ2v) is 3.98. The fourth-order valence-electron chi connectivity index (χ4n) is 1.43. The van der Waals surface area contributed by atoms with Crippen molar-refractivity contribution >= 4 is 5.82 Å². The van der Waals surface area contributed by atoms with Gasteiger partial charge in [0.25, 0.3) is 0 Å². The summed E-state index contributed by atoms with van der Waals surface area (Å²) in [5, 5.41) is 9.88. The molecule has 0 amide bonds. The number of ether oxygens (including phenoxy) is 1. The summed E-state index contributed by atoms with van der Waals surface area (Å²) in [4.78, 5) is 4.26. The summed E-state index contributed by atoms with van der Waals surface area (Å²) in [5.41, 5.74) is 1.08. The molecule has 90 valence electrons. The predicted octanol–water partition coefficient (Wildman–Crippen LogP) is 2.20. The lowest BCUT2D eigenvalue weighted by Crippen LogP contribution is -2.09. The Balaban J connectivity index is 2.04. The summed E-state index contributed by atoms with van der Waals surface area (Å²) in [7, 11) is 0. The van der Waals surface area contributed by atoms with Crippen LogP contribution in [0.2, 0.25) is 0 Å². The molecule has 0 atom stereocenters. The number of rotatable bonds is 5. The van der Waals surface area contributed by atoms with E-state index < -0.39 is 0 Å². The summed E-state index contributed by atoms with van der Waals surface area (Å²) in [6.45, 7) is 4.65. The molecule has 0 unspecified atom stereocenters. The molecule has 2 heterocycles. The fourth-order valence-corrected chi connectivity index (χ4v) is 1.43. The average Bonchev–Trinajstić information content (AvgIpc) is 2.80. The van der Waals surface area contributed by atoms with Crippen LogP contribution in [0.25, 0.3) is 0 Å². The van der Waals surface area contributed by atoms with E-state index in [2.05, 4.69) is 20.5 Å². The van der Waals surface area contributed by atoms with E-state index in [9.17, 15) is 0 Å². The number of aromatic amines is 1. The molecule has 0 radical (unpaired) electrons. The second-order valence-electron chi connectivity index (χ2n) is 3.98. The summed E-state index contributed by atoms with van der Waals surface area (Å²) in [6, 6.07) is 3.77. The highest BCUT2D eigenvalue weighted by Crippen LogP contribution is 2.22. The average molecular weight is 232 g/mol. The first-order valence-electron chi connectivity index (χ1n) is 5.59. The molecule has 5 nitrogen and oxygen atoms in total. The first-order valence-corrected chi connectivity index (χ1v) is 5.59. The number of hydrogen-bond donors (Lipinski definition) is 2. The van der Waals surface area contributed by atoms with Crippen molar-refractivity contribution in [2.24, 2.45) is 0 Å². The van der Waals surface area contributed by atoms with E-state index in [0.29, 0.717) is 6.54 Å². The minimum atomic E-state index is 0.133. The molecule has 2 aromatic rings. The molecule has 2 rings (SSSR count). The van der Waals surface area contributed by atoms with Crippen LogP contribution >= 0.6 is 0 Å². The first-order chi connectivity index (χ1) is 8.25. The van der Waals surface area contributed by atoms with Gasteiger partial charge in [0.15, 0.2) is 11.6 Å². The van der Waals surface area contributed by atoms with Gasteiger partial charge >= 0.3 is 0 Å². The van der Waals surface area contributed by atoms with Gasteiger partial charge in [0, 0.05) is 24.5 Å². The number of H-pyrrole nitrogens is 1. The van der Waals surface area contributed by atoms with Crippen LogP contribution in [0, 0.1) is 0 Å². The van der Waals surface area contributed by atoms with Crippen molar-refractivity contribution in [1.29, 1.82) is 0 Å². The number of nitrogens with zero attached hydrogens (tertiary/aromatic N) is 2. The Labute approximate surface area is 100 Å². The van der Waals surface area contributed by atoms with Gasteiger partial charge in [-0.3, -0.25) is 5.10 Å². The monoisotopic (exact) mass is 232 g/mol. The Bertz CT molecular complexity index is 453. The lowest BCUT2D eigenvalue weighted by molar-refractivity contribution is 0.243. The van der Waals surface area contributed by atoms with Crippen LogP contribution in [-0.4, -0.2) is 21.3 Å². The maximum absolute atomic E-state index is 5.67. The summed E-state index contributed by atoms with van der Waals surface area (Å²) in [6.07, 6.45) is 5.50. The minimum absolute atomic E-state index is 0.133. The van der Waals surface area contributed by atoms with Gasteiger partial charge in [0.05, 0.1) is 12.3 Å². The highest BCUT2D eigenvalue weighted by molar-refractivity contribution is 5.49. The van der Waals surface area contributed by atoms with Gasteiger partial charge in [-0.15, -0.1) is 0 Å². The minimum Gasteiger partial charge on any atom is -0.487 e. The van der Waals surface area contributed by atoms with E-state index in [-0.39, 0.29) is 6.10 Å². The molecule has 0 saturated carbocycles. The van der Waals surface area contributed by atoms with Gasteiger partial charge < -0.3 is 10.1 Å². The molecule has 0 fully saturated rings. The molecule has 2 N–H and O–H groups in total. The molecule has 0 spiro atoms. The molecule has 0 aliphatic heterocycles. The summed E-state index contributed by atoms with van der Waals surface area (Å²) >= 11 is 0. The Morgan fingerprint density at radius 3 is 3.06 bits per heavy atom. The standard InChI is InChI=1S/C12H16N4O/c1-9(2)17-11-4-3-5-13-12(11)14-6-10-7-15-16-8-10/h3-5,7-9H,6H2,1-2H3,(H,13,14)(H,15,16). The predicted molar refractivity (Wildman–Crippen MR) is 65.9 cm³/mol. The quantitative estimate of drug-likeness (QED) is 0.829. The molecular weight excluding hydrogens is 216 g/mol. The number of nitrogens with one attached hydrogen (secondary N) is 2. The van der Waals surface area contributed by atoms with Gasteiger partial charge in [-0.25, -0.2) is 4.98 Å². The summed E-state index contributed by atoms with van der Waals surface area (Å²) in [5.74, 6) is 1.52. The van der Waals surface area contributed by atoms with E-state index in [4.69, 9.17) is 4.74 Å². The van der Waals surface area contributed by atoms with E-state index in [0.717, 1.165) is 17.1 Å². The Hall–Kier alpha value is -2.04. The van der Waals surface area contributed by atoms with Crippen molar-refractivity contribution in [2.45, 2.75) is 26.5 Å². The van der Waals surface area contributed by atoms with Gasteiger partial charge in [0.2, 0.25) is 0 Å². The van der Waals surface area contributed by atoms with Crippen LogP contribution in [0.3, 0.4) is 0 Å². The molecule has 0 aromatic carbocycles. The largest absolute Gasteiger partial charge is 0.487 e. The Kier molecular flexibility index (Phi) is 3.59. The van der Waals surface area contributed by atoms with Crippen LogP contribution in [0.1, 0.15) is 19.4 Å². The van der Waals surface area contributed by atoms with Crippen molar-refractivity contribution in [3.05, 3.63) is 36.3 Å². The Morgan fingerprint density at radius 1 is 1.47 bits per heavy atom. The molecule has 17 heavy (non-hydrogen) atoms. The smallest absolute Gasteiger partial charge is 0.169 e. The SMILES string of the molecule is CC(C)Oc1cccnc1NCc1cn[nH]c1. The van der Waals surface area contributed by atoms with Gasteiger partial charge in [0.1, 0.15) is 0 Å². The third kappa shape index (κ3) is 3.21. The third-order valence-corrected chi connectivity index (χ3v) is 2.15. The van der Waals surface area contributed by atoms with Crippen molar-refractivity contribution < 1.29 is 4.74 Å². The van der Waals surface area contributed by atoms with E-state index >= 15 is 0 Å². The molecule has 0 bridgehead atoms. The third-order valence-electron chi connectivity index (χ3n) is 2.15. The topological polar surface area (TPSA) is 62.8 Å². The van der Waals surface area contributed by atoms with Gasteiger partial charge in [-0.2, -0.15) is 5.10 Å². The zero-order chi connectivity index (χ0) is 12.1. The van der Waals surface area contributed by atoms with Crippen molar-refractivity contribution in [3.63, 3.8) is 0 Å². The first kappa shape index (κ1) is 11.4. The fraction of sp³-hybridized carbons (Fsp3) is 0.333. The highest BCUT2D eigenvalue weighted by atomic mass is 16.5. The number of aromatic nitrogens is 3. The molecule has 0 aliphatic carbocycles. The molecule has 0 aliphatic rings. The maximum Gasteiger partial charge on any atom is 0.169 e. The Morgan fingerprint density at radius 2 is 2.35 bits per heavy atom. The van der Waals surface area contributed by atoms with Crippen LogP contribution in [0.4, 0.5) is 5.82 Å². The van der Waals surface area contributed by atoms with Crippen molar-refractivity contribution in [3.8, 4) is 5.75 Å². The van der Waals surface area contributed by atoms with Gasteiger partial charge in [-0.05, 0) is 26.0 Å². The van der Waals surface area contributed by atoms with Gasteiger partial charge in [-0.1, -0.05) is 0 Å². The normalized spacial score (nSPS) is 10.5. The lowest BCUT2D eigenvalue weighted by atomic mass is 10.3. The maximum atomic E-state index is 5.67. The van der Waals surface area contributed by atoms with E-state index in [1.54, 1.807) is 12.4 Å². The summed E-state index contributed by atoms with van der Waals surface area (Å²) < 4.78 is 5.67. The number of pyridine rings is 1. The van der Waals surface area contributed by atoms with Crippen molar-refractivity contribution in [1.82, 2.24) is 15.2 Å². The van der Waals surface area contributed by atoms with Crippen molar-refractivity contribution in [2.75, 3.05) is 5.32 Å². The number of hydrogen-bond acceptors (Lipinski definition) is 4. The zero-order valence-corrected chi connectivity index (χ0v) is 9.97. The van der Waals surface area contributed by atoms with Crippen LogP contribution < -0.4 is 10.1 Å². The van der Waals surface area contributed by atoms with Crippen LogP contribution in [0.5, 0.6) is 5.75 Å². The number of anilines is 1. The molecular formula is C12H16N4O. The van der Waals surface area contributed by atoms with Crippen LogP contribution in [0.15, 0.2) is 30.7 Å². The second kappa shape index (κ2) is 5.34. The highest BCUT2D eigenvalue weighted by Gasteiger charge is 2.06. The lowest BCUT2D eigenvalue weighted by Gasteiger charge is -2.13. The zero-order valence-electron chi connectivity index (χ0n) is 9.97. The molecule has 2 aromatic heterocycles. The van der Waals surface area contributed by atoms with Crippen LogP contribution in [-0.2, 0) is 6.54 Å². The molecule has 5 heteroatoms. The van der Waals surface area contributed by atoms with E-state index in [1.165, 1.54) is 0 Å². The molecule has 0 saturated heterocycles.